The molecule has 22 heavy (non-hydrogen) atoms. The highest BCUT2D eigenvalue weighted by Crippen LogP contribution is 2.26. The molecule has 0 unspecified atom stereocenters. The molecule has 1 atom stereocenters. The van der Waals surface area contributed by atoms with E-state index in [0.717, 1.165) is 5.69 Å². The standard InChI is InChI=1S/C17H23NO3S/c1-12(2)14-5-7-15(8-6-14)18(17(19)13(3)4)16-9-10-22(20,21)11-16/h5-10,12-13,16H,11H2,1-4H3/t16-/m0/s1. The summed E-state index contributed by atoms with van der Waals surface area (Å²) in [5.74, 6) is 0.109. The molecule has 0 aliphatic carbocycles. The van der Waals surface area contributed by atoms with Crippen LogP contribution in [-0.4, -0.2) is 26.1 Å². The molecule has 120 valence electrons. The van der Waals surface area contributed by atoms with Gasteiger partial charge in [-0.3, -0.25) is 4.79 Å². The summed E-state index contributed by atoms with van der Waals surface area (Å²) >= 11 is 0. The van der Waals surface area contributed by atoms with Crippen LogP contribution in [0.5, 0.6) is 0 Å². The Morgan fingerprint density at radius 2 is 1.73 bits per heavy atom. The monoisotopic (exact) mass is 321 g/mol. The second-order valence-corrected chi connectivity index (χ2v) is 8.27. The van der Waals surface area contributed by atoms with Crippen molar-refractivity contribution < 1.29 is 13.2 Å². The maximum absolute atomic E-state index is 12.6. The Morgan fingerprint density at radius 3 is 2.14 bits per heavy atom. The van der Waals surface area contributed by atoms with E-state index >= 15 is 0 Å². The second kappa shape index (κ2) is 6.24. The van der Waals surface area contributed by atoms with Crippen molar-refractivity contribution in [2.45, 2.75) is 39.7 Å². The molecule has 0 saturated heterocycles. The molecule has 0 spiro atoms. The molecule has 1 aromatic rings. The third kappa shape index (κ3) is 3.58. The van der Waals surface area contributed by atoms with E-state index in [2.05, 4.69) is 13.8 Å². The van der Waals surface area contributed by atoms with Gasteiger partial charge >= 0.3 is 0 Å². The van der Waals surface area contributed by atoms with Crippen molar-refractivity contribution in [1.82, 2.24) is 0 Å². The van der Waals surface area contributed by atoms with Gasteiger partial charge in [-0.1, -0.05) is 39.8 Å². The lowest BCUT2D eigenvalue weighted by atomic mass is 10.0. The number of benzene rings is 1. The number of hydrogen-bond acceptors (Lipinski definition) is 3. The van der Waals surface area contributed by atoms with Crippen LogP contribution in [0.3, 0.4) is 0 Å². The highest BCUT2D eigenvalue weighted by atomic mass is 32.2. The molecule has 1 amide bonds. The fraction of sp³-hybridized carbons (Fsp3) is 0.471. The van der Waals surface area contributed by atoms with Gasteiger partial charge in [0.15, 0.2) is 9.84 Å². The number of rotatable bonds is 4. The minimum absolute atomic E-state index is 0.0443. The van der Waals surface area contributed by atoms with Crippen LogP contribution in [-0.2, 0) is 14.6 Å². The van der Waals surface area contributed by atoms with Crippen LogP contribution in [0.15, 0.2) is 35.7 Å². The first-order valence-electron chi connectivity index (χ1n) is 7.55. The summed E-state index contributed by atoms with van der Waals surface area (Å²) in [6.45, 7) is 7.87. The lowest BCUT2D eigenvalue weighted by Gasteiger charge is -2.29. The first-order chi connectivity index (χ1) is 10.2. The minimum atomic E-state index is -3.20. The van der Waals surface area contributed by atoms with E-state index in [1.165, 1.54) is 11.0 Å². The molecule has 5 heteroatoms. The molecule has 0 radical (unpaired) electrons. The Bertz CT molecular complexity index is 672. The van der Waals surface area contributed by atoms with Crippen LogP contribution >= 0.6 is 0 Å². The second-order valence-electron chi connectivity index (χ2n) is 6.33. The quantitative estimate of drug-likeness (QED) is 0.856. The van der Waals surface area contributed by atoms with Gasteiger partial charge in [0, 0.05) is 17.0 Å². The predicted octanol–water partition coefficient (Wildman–Crippen LogP) is 3.11. The molecular weight excluding hydrogens is 298 g/mol. The van der Waals surface area contributed by atoms with Crippen molar-refractivity contribution in [3.8, 4) is 0 Å². The van der Waals surface area contributed by atoms with E-state index in [1.54, 1.807) is 11.0 Å². The zero-order valence-electron chi connectivity index (χ0n) is 13.5. The van der Waals surface area contributed by atoms with Crippen molar-refractivity contribution >= 4 is 21.4 Å². The fourth-order valence-corrected chi connectivity index (χ4v) is 3.77. The van der Waals surface area contributed by atoms with Crippen molar-refractivity contribution in [2.24, 2.45) is 5.92 Å². The molecule has 0 aromatic heterocycles. The van der Waals surface area contributed by atoms with Gasteiger partial charge in [0.05, 0.1) is 11.8 Å². The smallest absolute Gasteiger partial charge is 0.230 e. The lowest BCUT2D eigenvalue weighted by Crippen LogP contribution is -2.43. The molecule has 4 nitrogen and oxygen atoms in total. The van der Waals surface area contributed by atoms with Gasteiger partial charge in [-0.25, -0.2) is 8.42 Å². The van der Waals surface area contributed by atoms with Gasteiger partial charge in [-0.05, 0) is 29.7 Å². The van der Waals surface area contributed by atoms with Crippen molar-refractivity contribution in [3.05, 3.63) is 41.3 Å². The normalized spacial score (nSPS) is 19.8. The Kier molecular flexibility index (Phi) is 4.75. The van der Waals surface area contributed by atoms with Gasteiger partial charge in [-0.15, -0.1) is 0 Å². The molecule has 1 heterocycles. The summed E-state index contributed by atoms with van der Waals surface area (Å²) in [6.07, 6.45) is 1.60. The van der Waals surface area contributed by atoms with E-state index in [0.29, 0.717) is 5.92 Å². The fourth-order valence-electron chi connectivity index (χ4n) is 2.50. The summed E-state index contributed by atoms with van der Waals surface area (Å²) in [4.78, 5) is 14.2. The molecular formula is C17H23NO3S. The summed E-state index contributed by atoms with van der Waals surface area (Å²) in [7, 11) is -3.20. The first-order valence-corrected chi connectivity index (χ1v) is 9.27. The largest absolute Gasteiger partial charge is 0.304 e. The summed E-state index contributed by atoms with van der Waals surface area (Å²) < 4.78 is 23.4. The Morgan fingerprint density at radius 1 is 1.14 bits per heavy atom. The van der Waals surface area contributed by atoms with Crippen molar-refractivity contribution in [3.63, 3.8) is 0 Å². The molecule has 0 saturated carbocycles. The number of nitrogens with zero attached hydrogens (tertiary/aromatic N) is 1. The number of carbonyl (C=O) groups excluding carboxylic acids is 1. The van der Waals surface area contributed by atoms with Crippen molar-refractivity contribution in [1.29, 1.82) is 0 Å². The predicted molar refractivity (Wildman–Crippen MR) is 89.6 cm³/mol. The van der Waals surface area contributed by atoms with E-state index in [-0.39, 0.29) is 17.6 Å². The molecule has 1 aliphatic rings. The van der Waals surface area contributed by atoms with Crippen molar-refractivity contribution in [2.75, 3.05) is 10.7 Å². The van der Waals surface area contributed by atoms with Crippen LogP contribution in [0.4, 0.5) is 5.69 Å². The molecule has 0 N–H and O–H groups in total. The van der Waals surface area contributed by atoms with Gasteiger partial charge < -0.3 is 4.90 Å². The Labute approximate surface area is 132 Å². The van der Waals surface area contributed by atoms with Crippen LogP contribution in [0, 0.1) is 5.92 Å². The van der Waals surface area contributed by atoms with Gasteiger partial charge in [0.2, 0.25) is 5.91 Å². The summed E-state index contributed by atoms with van der Waals surface area (Å²) in [6, 6.07) is 7.36. The zero-order valence-corrected chi connectivity index (χ0v) is 14.3. The topological polar surface area (TPSA) is 54.5 Å². The number of anilines is 1. The third-order valence-corrected chi connectivity index (χ3v) is 5.19. The molecule has 1 aromatic carbocycles. The highest BCUT2D eigenvalue weighted by Gasteiger charge is 2.32. The van der Waals surface area contributed by atoms with Gasteiger partial charge in [0.25, 0.3) is 0 Å². The zero-order chi connectivity index (χ0) is 16.5. The van der Waals surface area contributed by atoms with E-state index in [4.69, 9.17) is 0 Å². The van der Waals surface area contributed by atoms with Gasteiger partial charge in [-0.2, -0.15) is 0 Å². The number of carbonyl (C=O) groups is 1. The highest BCUT2D eigenvalue weighted by molar-refractivity contribution is 7.94. The maximum atomic E-state index is 12.6. The Balaban J connectivity index is 2.37. The minimum Gasteiger partial charge on any atom is -0.304 e. The molecule has 0 bridgehead atoms. The number of amides is 1. The van der Waals surface area contributed by atoms with Crippen LogP contribution < -0.4 is 4.90 Å². The first kappa shape index (κ1) is 16.7. The van der Waals surface area contributed by atoms with Crippen LogP contribution in [0.1, 0.15) is 39.2 Å². The SMILES string of the molecule is CC(C)C(=O)N(c1ccc(C(C)C)cc1)[C@H]1C=CS(=O)(=O)C1. The van der Waals surface area contributed by atoms with Crippen LogP contribution in [0.25, 0.3) is 0 Å². The molecule has 2 rings (SSSR count). The third-order valence-electron chi connectivity index (χ3n) is 3.81. The average Bonchev–Trinajstić information content (AvgIpc) is 2.79. The summed E-state index contributed by atoms with van der Waals surface area (Å²) in [5.41, 5.74) is 1.94. The average molecular weight is 321 g/mol. The number of hydrogen-bond donors (Lipinski definition) is 0. The number of sulfone groups is 1. The maximum Gasteiger partial charge on any atom is 0.230 e. The van der Waals surface area contributed by atoms with E-state index < -0.39 is 15.9 Å². The molecule has 1 aliphatic heterocycles. The van der Waals surface area contributed by atoms with Crippen LogP contribution in [0.2, 0.25) is 0 Å². The lowest BCUT2D eigenvalue weighted by molar-refractivity contribution is -0.121. The molecule has 0 fully saturated rings. The van der Waals surface area contributed by atoms with E-state index in [9.17, 15) is 13.2 Å². The summed E-state index contributed by atoms with van der Waals surface area (Å²) in [5, 5.41) is 1.21. The van der Waals surface area contributed by atoms with Gasteiger partial charge in [0.1, 0.15) is 0 Å². The Hall–Kier alpha value is -1.62. The van der Waals surface area contributed by atoms with E-state index in [1.807, 2.05) is 38.1 Å².